The summed E-state index contributed by atoms with van der Waals surface area (Å²) in [6, 6.07) is 0. The highest BCUT2D eigenvalue weighted by Gasteiger charge is 2.45. The molecule has 13 heavy (non-hydrogen) atoms. The number of sulfonamides is 1. The molecule has 0 aliphatic rings. The predicted molar refractivity (Wildman–Crippen MR) is 48.9 cm³/mol. The topological polar surface area (TPSA) is 46.2 Å². The molecule has 0 rings (SSSR count). The van der Waals surface area contributed by atoms with Crippen LogP contribution in [0.5, 0.6) is 0 Å². The van der Waals surface area contributed by atoms with E-state index in [2.05, 4.69) is 31.9 Å². The minimum absolute atomic E-state index is 0.250. The third-order valence-corrected chi connectivity index (χ3v) is 3.66. The van der Waals surface area contributed by atoms with E-state index in [0.717, 1.165) is 0 Å². The Hall–Kier alpha value is 0.400. The summed E-state index contributed by atoms with van der Waals surface area (Å²) < 4.78 is 57.4. The van der Waals surface area contributed by atoms with Crippen LogP contribution in [0.2, 0.25) is 0 Å². The van der Waals surface area contributed by atoms with Gasteiger partial charge in [0.05, 0.1) is 0 Å². The van der Waals surface area contributed by atoms with Crippen molar-refractivity contribution in [3.8, 4) is 0 Å². The third-order valence-electron chi connectivity index (χ3n) is 0.854. The van der Waals surface area contributed by atoms with E-state index >= 15 is 0 Å². The van der Waals surface area contributed by atoms with E-state index in [1.807, 2.05) is 0 Å². The fraction of sp³-hybridized carbons (Fsp3) is 0.500. The number of rotatable bonds is 3. The lowest BCUT2D eigenvalue weighted by molar-refractivity contribution is -0.0446. The van der Waals surface area contributed by atoms with Crippen LogP contribution in [0, 0.1) is 0 Å². The maximum Gasteiger partial charge on any atom is 0.511 e. The van der Waals surface area contributed by atoms with E-state index in [4.69, 9.17) is 0 Å². The fourth-order valence-corrected chi connectivity index (χ4v) is 1.28. The van der Waals surface area contributed by atoms with Crippen molar-refractivity contribution in [1.29, 1.82) is 0 Å². The fourth-order valence-electron chi connectivity index (χ4n) is 0.284. The Bertz CT molecular complexity index is 297. The van der Waals surface area contributed by atoms with Gasteiger partial charge < -0.3 is 0 Å². The molecule has 0 aromatic heterocycles. The maximum absolute atomic E-state index is 11.7. The van der Waals surface area contributed by atoms with Crippen molar-refractivity contribution in [3.05, 3.63) is 9.47 Å². The van der Waals surface area contributed by atoms with E-state index in [1.165, 1.54) is 9.71 Å². The van der Waals surface area contributed by atoms with Gasteiger partial charge in [-0.15, -0.1) is 0 Å². The van der Waals surface area contributed by atoms with E-state index in [-0.39, 0.29) is 4.48 Å². The first-order valence-electron chi connectivity index (χ1n) is 2.71. The lowest BCUT2D eigenvalue weighted by Gasteiger charge is -2.08. The van der Waals surface area contributed by atoms with Crippen LogP contribution < -0.4 is 4.72 Å². The Morgan fingerprint density at radius 2 is 1.92 bits per heavy atom. The van der Waals surface area contributed by atoms with E-state index in [9.17, 15) is 21.6 Å². The summed E-state index contributed by atoms with van der Waals surface area (Å²) in [5, 5.41) is 0. The molecule has 0 bridgehead atoms. The highest BCUT2D eigenvalue weighted by molar-refractivity contribution is 9.14. The lowest BCUT2D eigenvalue weighted by Crippen LogP contribution is -2.36. The van der Waals surface area contributed by atoms with Crippen molar-refractivity contribution < 1.29 is 21.6 Å². The van der Waals surface area contributed by atoms with Gasteiger partial charge in [0, 0.05) is 11.0 Å². The second kappa shape index (κ2) is 4.76. The van der Waals surface area contributed by atoms with Crippen molar-refractivity contribution in [2.75, 3.05) is 6.54 Å². The van der Waals surface area contributed by atoms with Gasteiger partial charge in [0.1, 0.15) is 0 Å². The lowest BCUT2D eigenvalue weighted by atomic mass is 10.7. The molecular formula is C4H4Br2F3NO2S. The molecule has 0 spiro atoms. The van der Waals surface area contributed by atoms with Crippen LogP contribution in [-0.4, -0.2) is 20.5 Å². The highest BCUT2D eigenvalue weighted by Crippen LogP contribution is 2.21. The molecule has 0 amide bonds. The van der Waals surface area contributed by atoms with Gasteiger partial charge in [0.2, 0.25) is 0 Å². The molecule has 3 nitrogen and oxygen atoms in total. The van der Waals surface area contributed by atoms with E-state index < -0.39 is 22.1 Å². The molecule has 0 saturated carbocycles. The summed E-state index contributed by atoms with van der Waals surface area (Å²) in [7, 11) is -5.24. The Morgan fingerprint density at radius 3 is 2.23 bits per heavy atom. The maximum atomic E-state index is 11.7. The smallest absolute Gasteiger partial charge is 0.203 e. The van der Waals surface area contributed by atoms with Crippen LogP contribution in [0.3, 0.4) is 0 Å². The molecule has 9 heteroatoms. The van der Waals surface area contributed by atoms with Crippen LogP contribution >= 0.6 is 31.9 Å². The summed E-state index contributed by atoms with van der Waals surface area (Å²) in [4.78, 5) is 1.26. The number of alkyl halides is 3. The van der Waals surface area contributed by atoms with Crippen LogP contribution in [0.1, 0.15) is 0 Å². The number of hydrogen-bond acceptors (Lipinski definition) is 2. The second-order valence-corrected chi connectivity index (χ2v) is 5.06. The van der Waals surface area contributed by atoms with Crippen molar-refractivity contribution >= 4 is 41.9 Å². The zero-order chi connectivity index (χ0) is 10.7. The summed E-state index contributed by atoms with van der Waals surface area (Å²) >= 11 is 5.62. The van der Waals surface area contributed by atoms with Gasteiger partial charge in [-0.05, 0) is 4.99 Å². The monoisotopic (exact) mass is 345 g/mol. The first-order chi connectivity index (χ1) is 5.70. The highest BCUT2D eigenvalue weighted by atomic mass is 79.9. The third kappa shape index (κ3) is 4.43. The molecule has 0 atom stereocenters. The zero-order valence-electron chi connectivity index (χ0n) is 5.90. The van der Waals surface area contributed by atoms with E-state index in [0.29, 0.717) is 0 Å². The molecule has 0 aromatic rings. The van der Waals surface area contributed by atoms with Gasteiger partial charge in [0.25, 0.3) is 0 Å². The minimum Gasteiger partial charge on any atom is -0.203 e. The van der Waals surface area contributed by atoms with Crippen LogP contribution in [0.4, 0.5) is 13.2 Å². The van der Waals surface area contributed by atoms with Gasteiger partial charge in [0.15, 0.2) is 0 Å². The Morgan fingerprint density at radius 1 is 1.46 bits per heavy atom. The SMILES string of the molecule is O=S(=O)(NCC(Br)=CBr)C(F)(F)F. The Kier molecular flexibility index (Phi) is 4.91. The molecule has 78 valence electrons. The number of halogens is 5. The molecule has 0 heterocycles. The van der Waals surface area contributed by atoms with Crippen LogP contribution in [0.15, 0.2) is 9.47 Å². The van der Waals surface area contributed by atoms with Gasteiger partial charge >= 0.3 is 15.5 Å². The molecule has 0 aliphatic carbocycles. The van der Waals surface area contributed by atoms with Crippen molar-refractivity contribution in [2.45, 2.75) is 5.51 Å². The first-order valence-corrected chi connectivity index (χ1v) is 5.90. The molecule has 0 fully saturated rings. The van der Waals surface area contributed by atoms with E-state index in [1.54, 1.807) is 0 Å². The predicted octanol–water partition coefficient (Wildman–Crippen LogP) is 2.06. The largest absolute Gasteiger partial charge is 0.511 e. The molecule has 0 saturated heterocycles. The van der Waals surface area contributed by atoms with Crippen molar-refractivity contribution in [2.24, 2.45) is 0 Å². The normalized spacial score (nSPS) is 14.7. The first kappa shape index (κ1) is 13.4. The minimum atomic E-state index is -5.27. The molecule has 0 aliphatic heterocycles. The van der Waals surface area contributed by atoms with Crippen LogP contribution in [0.25, 0.3) is 0 Å². The Balaban J connectivity index is 4.39. The number of nitrogens with one attached hydrogen (secondary N) is 1. The molecule has 0 aromatic carbocycles. The Labute approximate surface area is 89.7 Å². The quantitative estimate of drug-likeness (QED) is 0.850. The summed E-state index contributed by atoms with van der Waals surface area (Å²) in [6.45, 7) is -0.451. The van der Waals surface area contributed by atoms with Crippen molar-refractivity contribution in [3.63, 3.8) is 0 Å². The summed E-state index contributed by atoms with van der Waals surface area (Å²) in [5.41, 5.74) is -5.27. The molecule has 1 N–H and O–H groups in total. The zero-order valence-corrected chi connectivity index (χ0v) is 9.89. The average Bonchev–Trinajstić information content (AvgIpc) is 1.98. The standard InChI is InChI=1S/C4H4Br2F3NO2S/c5-1-3(6)2-10-13(11,12)4(7,8)9/h1,10H,2H2. The molecular weight excluding hydrogens is 343 g/mol. The van der Waals surface area contributed by atoms with Crippen molar-refractivity contribution in [1.82, 2.24) is 4.72 Å². The molecule has 0 radical (unpaired) electrons. The van der Waals surface area contributed by atoms with Crippen LogP contribution in [-0.2, 0) is 10.0 Å². The second-order valence-electron chi connectivity index (χ2n) is 1.83. The summed E-state index contributed by atoms with van der Waals surface area (Å²) in [5.74, 6) is 0. The van der Waals surface area contributed by atoms with Gasteiger partial charge in [-0.25, -0.2) is 13.1 Å². The average molecular weight is 347 g/mol. The van der Waals surface area contributed by atoms with Gasteiger partial charge in [-0.3, -0.25) is 0 Å². The molecule has 0 unspecified atom stereocenters. The summed E-state index contributed by atoms with van der Waals surface area (Å²) in [6.07, 6.45) is 0. The van der Waals surface area contributed by atoms with Gasteiger partial charge in [-0.2, -0.15) is 13.2 Å². The van der Waals surface area contributed by atoms with Gasteiger partial charge in [-0.1, -0.05) is 31.9 Å². The number of hydrogen-bond donors (Lipinski definition) is 1.